The third-order valence-corrected chi connectivity index (χ3v) is 4.83. The summed E-state index contributed by atoms with van der Waals surface area (Å²) in [6.45, 7) is 6.80. The first kappa shape index (κ1) is 12.8. The van der Waals surface area contributed by atoms with Crippen molar-refractivity contribution in [2.45, 2.75) is 51.1 Å². The molecule has 4 unspecified atom stereocenters. The van der Waals surface area contributed by atoms with Crippen LogP contribution in [0.25, 0.3) is 0 Å². The Morgan fingerprint density at radius 3 is 2.59 bits per heavy atom. The molecule has 3 N–H and O–H groups in total. The number of carbonyl (C=O) groups is 1. The molecule has 0 bridgehead atoms. The van der Waals surface area contributed by atoms with Gasteiger partial charge in [0.1, 0.15) is 5.54 Å². The van der Waals surface area contributed by atoms with Crippen LogP contribution in [0.5, 0.6) is 0 Å². The van der Waals surface area contributed by atoms with Gasteiger partial charge in [0.25, 0.3) is 0 Å². The maximum atomic E-state index is 11.1. The van der Waals surface area contributed by atoms with E-state index in [4.69, 9.17) is 10.8 Å². The number of hydrogen-bond acceptors (Lipinski definition) is 3. The molecule has 0 spiro atoms. The van der Waals surface area contributed by atoms with Gasteiger partial charge in [-0.1, -0.05) is 13.8 Å². The first-order valence-electron chi connectivity index (χ1n) is 6.69. The van der Waals surface area contributed by atoms with Gasteiger partial charge in [-0.15, -0.1) is 0 Å². The summed E-state index contributed by atoms with van der Waals surface area (Å²) in [5, 5.41) is 9.14. The molecule has 1 saturated carbocycles. The van der Waals surface area contributed by atoms with Crippen LogP contribution in [0.4, 0.5) is 0 Å². The van der Waals surface area contributed by atoms with Gasteiger partial charge < -0.3 is 15.7 Å². The Hall–Kier alpha value is -0.610. The van der Waals surface area contributed by atoms with Gasteiger partial charge in [0.05, 0.1) is 0 Å². The van der Waals surface area contributed by atoms with Gasteiger partial charge in [-0.3, -0.25) is 4.79 Å². The Kier molecular flexibility index (Phi) is 3.46. The van der Waals surface area contributed by atoms with Crippen molar-refractivity contribution in [3.8, 4) is 0 Å². The van der Waals surface area contributed by atoms with Crippen molar-refractivity contribution in [2.24, 2.45) is 17.6 Å². The molecule has 0 aromatic carbocycles. The minimum atomic E-state index is -0.975. The summed E-state index contributed by atoms with van der Waals surface area (Å²) in [6.07, 6.45) is 3.39. The molecule has 1 aliphatic carbocycles. The SMILES string of the molecule is CC1CCN(C2CCC(N)(C(=O)O)C2)CC1C. The Bertz CT molecular complexity index is 308. The molecule has 1 heterocycles. The number of piperidine rings is 1. The van der Waals surface area contributed by atoms with Crippen LogP contribution in [-0.2, 0) is 4.79 Å². The predicted molar refractivity (Wildman–Crippen MR) is 66.7 cm³/mol. The summed E-state index contributed by atoms with van der Waals surface area (Å²) < 4.78 is 0. The largest absolute Gasteiger partial charge is 0.480 e. The molecule has 2 rings (SSSR count). The minimum Gasteiger partial charge on any atom is -0.480 e. The Labute approximate surface area is 103 Å². The van der Waals surface area contributed by atoms with E-state index in [1.54, 1.807) is 0 Å². The second-order valence-electron chi connectivity index (χ2n) is 6.10. The average Bonchev–Trinajstić information content (AvgIpc) is 2.67. The van der Waals surface area contributed by atoms with Crippen LogP contribution < -0.4 is 5.73 Å². The first-order valence-corrected chi connectivity index (χ1v) is 6.69. The van der Waals surface area contributed by atoms with E-state index in [1.165, 1.54) is 6.42 Å². The number of carboxylic acid groups (broad SMARTS) is 1. The number of nitrogens with two attached hydrogens (primary N) is 1. The zero-order chi connectivity index (χ0) is 12.6. The fourth-order valence-electron chi connectivity index (χ4n) is 3.18. The van der Waals surface area contributed by atoms with Gasteiger partial charge in [-0.2, -0.15) is 0 Å². The van der Waals surface area contributed by atoms with Crippen LogP contribution in [-0.4, -0.2) is 40.6 Å². The zero-order valence-corrected chi connectivity index (χ0v) is 10.9. The van der Waals surface area contributed by atoms with Gasteiger partial charge in [0.2, 0.25) is 0 Å². The molecule has 2 fully saturated rings. The van der Waals surface area contributed by atoms with E-state index in [0.29, 0.717) is 24.8 Å². The van der Waals surface area contributed by atoms with Gasteiger partial charge >= 0.3 is 5.97 Å². The van der Waals surface area contributed by atoms with E-state index in [1.807, 2.05) is 0 Å². The van der Waals surface area contributed by atoms with Crippen molar-refractivity contribution >= 4 is 5.97 Å². The summed E-state index contributed by atoms with van der Waals surface area (Å²) in [5.74, 6) is 0.662. The van der Waals surface area contributed by atoms with E-state index in [0.717, 1.165) is 25.4 Å². The lowest BCUT2D eigenvalue weighted by Crippen LogP contribution is -2.49. The number of carboxylic acids is 1. The van der Waals surface area contributed by atoms with E-state index >= 15 is 0 Å². The standard InChI is InChI=1S/C13H24N2O2/c1-9-4-6-15(8-10(9)2)11-3-5-13(14,7-11)12(16)17/h9-11H,3-8,14H2,1-2H3,(H,16,17). The number of rotatable bonds is 2. The second-order valence-corrected chi connectivity index (χ2v) is 6.10. The van der Waals surface area contributed by atoms with Crippen LogP contribution in [0.2, 0.25) is 0 Å². The third-order valence-electron chi connectivity index (χ3n) is 4.83. The van der Waals surface area contributed by atoms with Gasteiger partial charge in [-0.25, -0.2) is 0 Å². The molecule has 1 aliphatic heterocycles. The smallest absolute Gasteiger partial charge is 0.323 e. The monoisotopic (exact) mass is 240 g/mol. The molecule has 17 heavy (non-hydrogen) atoms. The average molecular weight is 240 g/mol. The molecule has 98 valence electrons. The van der Waals surface area contributed by atoms with Crippen LogP contribution >= 0.6 is 0 Å². The molecule has 0 aromatic rings. The van der Waals surface area contributed by atoms with Crippen LogP contribution in [0.15, 0.2) is 0 Å². The molecule has 4 atom stereocenters. The van der Waals surface area contributed by atoms with E-state index in [2.05, 4.69) is 18.7 Å². The number of nitrogens with zero attached hydrogens (tertiary/aromatic N) is 1. The van der Waals surface area contributed by atoms with E-state index in [-0.39, 0.29) is 0 Å². The normalized spacial score (nSPS) is 43.8. The van der Waals surface area contributed by atoms with Crippen molar-refractivity contribution in [2.75, 3.05) is 13.1 Å². The molecular formula is C13H24N2O2. The first-order chi connectivity index (χ1) is 7.92. The van der Waals surface area contributed by atoms with Gasteiger partial charge in [0, 0.05) is 12.6 Å². The third kappa shape index (κ3) is 2.47. The lowest BCUT2D eigenvalue weighted by molar-refractivity contribution is -0.143. The lowest BCUT2D eigenvalue weighted by Gasteiger charge is -2.39. The van der Waals surface area contributed by atoms with Crippen molar-refractivity contribution < 1.29 is 9.90 Å². The van der Waals surface area contributed by atoms with Crippen molar-refractivity contribution in [3.05, 3.63) is 0 Å². The van der Waals surface area contributed by atoms with Crippen molar-refractivity contribution in [1.82, 2.24) is 4.90 Å². The van der Waals surface area contributed by atoms with E-state index < -0.39 is 11.5 Å². The highest BCUT2D eigenvalue weighted by atomic mass is 16.4. The van der Waals surface area contributed by atoms with E-state index in [9.17, 15) is 4.79 Å². The van der Waals surface area contributed by atoms with Crippen molar-refractivity contribution in [3.63, 3.8) is 0 Å². The zero-order valence-electron chi connectivity index (χ0n) is 10.9. The summed E-state index contributed by atoms with van der Waals surface area (Å²) in [7, 11) is 0. The summed E-state index contributed by atoms with van der Waals surface area (Å²) in [5.41, 5.74) is 4.96. The fraction of sp³-hybridized carbons (Fsp3) is 0.923. The lowest BCUT2D eigenvalue weighted by atomic mass is 9.87. The van der Waals surface area contributed by atoms with Crippen LogP contribution in [0.1, 0.15) is 39.5 Å². The van der Waals surface area contributed by atoms with Crippen molar-refractivity contribution in [1.29, 1.82) is 0 Å². The summed E-state index contributed by atoms with van der Waals surface area (Å²) >= 11 is 0. The second kappa shape index (κ2) is 4.58. The Morgan fingerprint density at radius 2 is 2.06 bits per heavy atom. The Balaban J connectivity index is 1.95. The number of likely N-dealkylation sites (tertiary alicyclic amines) is 1. The maximum Gasteiger partial charge on any atom is 0.323 e. The molecule has 2 aliphatic rings. The quantitative estimate of drug-likeness (QED) is 0.763. The predicted octanol–water partition coefficient (Wildman–Crippen LogP) is 1.30. The Morgan fingerprint density at radius 1 is 1.35 bits per heavy atom. The van der Waals surface area contributed by atoms with Gasteiger partial charge in [-0.05, 0) is 44.1 Å². The summed E-state index contributed by atoms with van der Waals surface area (Å²) in [6, 6.07) is 0.381. The van der Waals surface area contributed by atoms with Crippen LogP contribution in [0.3, 0.4) is 0 Å². The fourth-order valence-corrected chi connectivity index (χ4v) is 3.18. The molecule has 0 amide bonds. The molecular weight excluding hydrogens is 216 g/mol. The topological polar surface area (TPSA) is 66.6 Å². The molecule has 4 heteroatoms. The molecule has 4 nitrogen and oxygen atoms in total. The summed E-state index contributed by atoms with van der Waals surface area (Å²) in [4.78, 5) is 13.6. The van der Waals surface area contributed by atoms with Gasteiger partial charge in [0.15, 0.2) is 0 Å². The number of hydrogen-bond donors (Lipinski definition) is 2. The highest BCUT2D eigenvalue weighted by Gasteiger charge is 2.44. The molecule has 0 aromatic heterocycles. The maximum absolute atomic E-state index is 11.1. The molecule has 0 radical (unpaired) electrons. The number of aliphatic carboxylic acids is 1. The molecule has 1 saturated heterocycles. The highest BCUT2D eigenvalue weighted by molar-refractivity contribution is 5.79. The minimum absolute atomic E-state index is 0.381. The highest BCUT2D eigenvalue weighted by Crippen LogP contribution is 2.34. The van der Waals surface area contributed by atoms with Crippen LogP contribution in [0, 0.1) is 11.8 Å².